The highest BCUT2D eigenvalue weighted by molar-refractivity contribution is 7.93. The lowest BCUT2D eigenvalue weighted by Crippen LogP contribution is -2.23. The zero-order valence-electron chi connectivity index (χ0n) is 7.68. The van der Waals surface area contributed by atoms with Gasteiger partial charge in [0.05, 0.1) is 11.8 Å². The van der Waals surface area contributed by atoms with E-state index >= 15 is 0 Å². The first-order valence-electron chi connectivity index (χ1n) is 3.80. The van der Waals surface area contributed by atoms with Crippen LogP contribution in [0.2, 0.25) is 0 Å². The Kier molecular flexibility index (Phi) is 2.76. The molecule has 0 amide bonds. The molecule has 6 nitrogen and oxygen atoms in total. The molecular formula is C7H9N3O3S. The largest absolute Gasteiger partial charge is 0.338 e. The SMILES string of the molecule is Cc1cc(NS(=O)(=O)C(C)C#N)on1. The van der Waals surface area contributed by atoms with Crippen LogP contribution >= 0.6 is 0 Å². The number of aromatic nitrogens is 1. The normalized spacial score (nSPS) is 13.2. The van der Waals surface area contributed by atoms with Crippen molar-refractivity contribution >= 4 is 15.9 Å². The molecule has 1 N–H and O–H groups in total. The molecule has 1 aromatic rings. The van der Waals surface area contributed by atoms with Crippen LogP contribution in [0, 0.1) is 18.3 Å². The average Bonchev–Trinajstić information content (AvgIpc) is 2.48. The predicted octanol–water partition coefficient (Wildman–Crippen LogP) is 0.637. The van der Waals surface area contributed by atoms with E-state index < -0.39 is 15.3 Å². The Balaban J connectivity index is 2.85. The maximum Gasteiger partial charge on any atom is 0.251 e. The van der Waals surface area contributed by atoms with Gasteiger partial charge in [-0.15, -0.1) is 0 Å². The van der Waals surface area contributed by atoms with Crippen LogP contribution < -0.4 is 4.72 Å². The molecule has 1 atom stereocenters. The number of hydrogen-bond donors (Lipinski definition) is 1. The molecule has 0 aromatic carbocycles. The van der Waals surface area contributed by atoms with E-state index in [2.05, 4.69) is 14.4 Å². The van der Waals surface area contributed by atoms with Gasteiger partial charge in [0.1, 0.15) is 0 Å². The fraction of sp³-hybridized carbons (Fsp3) is 0.429. The van der Waals surface area contributed by atoms with Crippen molar-refractivity contribution in [3.05, 3.63) is 11.8 Å². The molecule has 14 heavy (non-hydrogen) atoms. The molecule has 76 valence electrons. The maximum atomic E-state index is 11.3. The summed E-state index contributed by atoms with van der Waals surface area (Å²) in [6.45, 7) is 2.95. The fourth-order valence-corrected chi connectivity index (χ4v) is 1.40. The Hall–Kier alpha value is -1.55. The van der Waals surface area contributed by atoms with Crippen LogP contribution in [-0.2, 0) is 10.0 Å². The summed E-state index contributed by atoms with van der Waals surface area (Å²) in [5.41, 5.74) is 0.562. The van der Waals surface area contributed by atoms with Crippen LogP contribution in [0.5, 0.6) is 0 Å². The lowest BCUT2D eigenvalue weighted by Gasteiger charge is -2.04. The number of hydrogen-bond acceptors (Lipinski definition) is 5. The molecule has 0 radical (unpaired) electrons. The summed E-state index contributed by atoms with van der Waals surface area (Å²) in [7, 11) is -3.69. The quantitative estimate of drug-likeness (QED) is 0.797. The van der Waals surface area contributed by atoms with Crippen molar-refractivity contribution in [3.8, 4) is 6.07 Å². The lowest BCUT2D eigenvalue weighted by atomic mass is 10.5. The van der Waals surface area contributed by atoms with Crippen molar-refractivity contribution in [1.29, 1.82) is 5.26 Å². The van der Waals surface area contributed by atoms with E-state index in [0.717, 1.165) is 0 Å². The highest BCUT2D eigenvalue weighted by Crippen LogP contribution is 2.12. The summed E-state index contributed by atoms with van der Waals surface area (Å²) in [4.78, 5) is 0. The minimum Gasteiger partial charge on any atom is -0.338 e. The molecule has 1 heterocycles. The van der Waals surface area contributed by atoms with Gasteiger partial charge < -0.3 is 4.52 Å². The zero-order chi connectivity index (χ0) is 10.8. The summed E-state index contributed by atoms with van der Waals surface area (Å²) in [6, 6.07) is 3.05. The number of anilines is 1. The van der Waals surface area contributed by atoms with E-state index in [1.165, 1.54) is 13.0 Å². The van der Waals surface area contributed by atoms with Gasteiger partial charge in [0.15, 0.2) is 5.25 Å². The summed E-state index contributed by atoms with van der Waals surface area (Å²) < 4.78 is 29.4. The second kappa shape index (κ2) is 3.67. The van der Waals surface area contributed by atoms with Gasteiger partial charge in [-0.2, -0.15) is 5.26 Å². The predicted molar refractivity (Wildman–Crippen MR) is 48.9 cm³/mol. The van der Waals surface area contributed by atoms with Crippen molar-refractivity contribution in [2.75, 3.05) is 4.72 Å². The summed E-state index contributed by atoms with van der Waals surface area (Å²) >= 11 is 0. The molecule has 1 aromatic heterocycles. The second-order valence-corrected chi connectivity index (χ2v) is 4.75. The molecule has 1 rings (SSSR count). The number of sulfonamides is 1. The Morgan fingerprint density at radius 2 is 2.36 bits per heavy atom. The molecule has 0 saturated heterocycles. The highest BCUT2D eigenvalue weighted by atomic mass is 32.2. The Bertz CT molecular complexity index is 457. The smallest absolute Gasteiger partial charge is 0.251 e. The number of rotatable bonds is 3. The molecule has 0 aliphatic heterocycles. The Morgan fingerprint density at radius 1 is 1.71 bits per heavy atom. The lowest BCUT2D eigenvalue weighted by molar-refractivity contribution is 0.430. The summed E-state index contributed by atoms with van der Waals surface area (Å²) in [5, 5.41) is 10.8. The third-order valence-electron chi connectivity index (χ3n) is 1.52. The van der Waals surface area contributed by atoms with E-state index in [1.807, 2.05) is 0 Å². The molecule has 0 spiro atoms. The van der Waals surface area contributed by atoms with Crippen LogP contribution in [0.3, 0.4) is 0 Å². The number of aryl methyl sites for hydroxylation is 1. The average molecular weight is 215 g/mol. The third kappa shape index (κ3) is 2.23. The van der Waals surface area contributed by atoms with Crippen molar-refractivity contribution in [3.63, 3.8) is 0 Å². The second-order valence-electron chi connectivity index (χ2n) is 2.75. The first-order valence-corrected chi connectivity index (χ1v) is 5.35. The van der Waals surface area contributed by atoms with Crippen molar-refractivity contribution < 1.29 is 12.9 Å². The van der Waals surface area contributed by atoms with Gasteiger partial charge in [-0.3, -0.25) is 0 Å². The molecule has 1 unspecified atom stereocenters. The Morgan fingerprint density at radius 3 is 2.79 bits per heavy atom. The molecular weight excluding hydrogens is 206 g/mol. The highest BCUT2D eigenvalue weighted by Gasteiger charge is 2.21. The number of nitriles is 1. The van der Waals surface area contributed by atoms with E-state index in [1.54, 1.807) is 13.0 Å². The summed E-state index contributed by atoms with van der Waals surface area (Å²) in [5.74, 6) is 0.0181. The standard InChI is InChI=1S/C7H9N3O3S/c1-5-3-7(13-9-5)10-14(11,12)6(2)4-8/h3,6,10H,1-2H3. The Labute approximate surface area is 81.6 Å². The van der Waals surface area contributed by atoms with Gasteiger partial charge in [-0.25, -0.2) is 13.1 Å². The molecule has 0 fully saturated rings. The van der Waals surface area contributed by atoms with Gasteiger partial charge in [0, 0.05) is 6.07 Å². The minimum absolute atomic E-state index is 0.0181. The monoisotopic (exact) mass is 215 g/mol. The maximum absolute atomic E-state index is 11.3. The fourth-order valence-electron chi connectivity index (χ4n) is 0.710. The van der Waals surface area contributed by atoms with Crippen LogP contribution in [0.15, 0.2) is 10.6 Å². The third-order valence-corrected chi connectivity index (χ3v) is 3.04. The van der Waals surface area contributed by atoms with Gasteiger partial charge in [0.25, 0.3) is 10.0 Å². The van der Waals surface area contributed by atoms with E-state index in [0.29, 0.717) is 5.69 Å². The van der Waals surface area contributed by atoms with Crippen molar-refractivity contribution in [2.45, 2.75) is 19.1 Å². The zero-order valence-corrected chi connectivity index (χ0v) is 8.50. The van der Waals surface area contributed by atoms with Crippen LogP contribution in [0.4, 0.5) is 5.88 Å². The van der Waals surface area contributed by atoms with Gasteiger partial charge >= 0.3 is 0 Å². The molecule has 0 aliphatic carbocycles. The van der Waals surface area contributed by atoms with Gasteiger partial charge in [-0.1, -0.05) is 5.16 Å². The minimum atomic E-state index is -3.69. The number of nitrogens with zero attached hydrogens (tertiary/aromatic N) is 2. The molecule has 7 heteroatoms. The van der Waals surface area contributed by atoms with Crippen LogP contribution in [0.1, 0.15) is 12.6 Å². The van der Waals surface area contributed by atoms with Crippen LogP contribution in [0.25, 0.3) is 0 Å². The van der Waals surface area contributed by atoms with E-state index in [-0.39, 0.29) is 5.88 Å². The topological polar surface area (TPSA) is 96.0 Å². The van der Waals surface area contributed by atoms with Crippen LogP contribution in [-0.4, -0.2) is 18.8 Å². The van der Waals surface area contributed by atoms with Crippen molar-refractivity contribution in [2.24, 2.45) is 0 Å². The molecule has 0 aliphatic rings. The first kappa shape index (κ1) is 10.5. The number of nitrogens with one attached hydrogen (secondary N) is 1. The van der Waals surface area contributed by atoms with Gasteiger partial charge in [-0.05, 0) is 13.8 Å². The van der Waals surface area contributed by atoms with E-state index in [4.69, 9.17) is 5.26 Å². The molecule has 0 bridgehead atoms. The van der Waals surface area contributed by atoms with E-state index in [9.17, 15) is 8.42 Å². The summed E-state index contributed by atoms with van der Waals surface area (Å²) in [6.07, 6.45) is 0. The van der Waals surface area contributed by atoms with Gasteiger partial charge in [0.2, 0.25) is 5.88 Å². The first-order chi connectivity index (χ1) is 6.45. The van der Waals surface area contributed by atoms with Crippen molar-refractivity contribution in [1.82, 2.24) is 5.16 Å². The molecule has 0 saturated carbocycles.